The molecule has 0 bridgehead atoms. The van der Waals surface area contributed by atoms with Crippen LogP contribution in [0.25, 0.3) is 5.83 Å². The molecule has 1 rings (SSSR count). The fourth-order valence-electron chi connectivity index (χ4n) is 0.868. The van der Waals surface area contributed by atoms with Gasteiger partial charge in [0.25, 0.3) is 0 Å². The van der Waals surface area contributed by atoms with Gasteiger partial charge in [0.1, 0.15) is 0 Å². The first-order valence-corrected chi connectivity index (χ1v) is 3.57. The fourth-order valence-corrected chi connectivity index (χ4v) is 0.868. The molecule has 1 aromatic rings. The predicted octanol–water partition coefficient (Wildman–Crippen LogP) is 2.92. The maximum Gasteiger partial charge on any atom is 0.335 e. The minimum atomic E-state index is -2.42. The molecule has 0 spiro atoms. The van der Waals surface area contributed by atoms with Gasteiger partial charge in [0, 0.05) is 5.56 Å². The molecule has 0 aliphatic carbocycles. The standard InChI is InChI=1S/C9H5F3O2/c10-7(8(11)12)5-1-3-6(4-2-5)9(13)14/h1-4H,(H,13,14). The number of benzene rings is 1. The molecule has 0 fully saturated rings. The molecule has 0 saturated carbocycles. The molecule has 0 aliphatic rings. The summed E-state index contributed by atoms with van der Waals surface area (Å²) < 4.78 is 36.1. The van der Waals surface area contributed by atoms with Crippen LogP contribution in [0.2, 0.25) is 0 Å². The Balaban J connectivity index is 3.06. The minimum absolute atomic E-state index is 0.0826. The maximum absolute atomic E-state index is 12.6. The van der Waals surface area contributed by atoms with Crippen LogP contribution in [0.15, 0.2) is 30.3 Å². The molecule has 1 aromatic carbocycles. The van der Waals surface area contributed by atoms with E-state index in [4.69, 9.17) is 5.11 Å². The molecule has 0 amide bonds. The lowest BCUT2D eigenvalue weighted by molar-refractivity contribution is 0.0697. The SMILES string of the molecule is O=C(O)c1ccc(C(F)=C(F)F)cc1. The fraction of sp³-hybridized carbons (Fsp3) is 0. The smallest absolute Gasteiger partial charge is 0.335 e. The largest absolute Gasteiger partial charge is 0.478 e. The first kappa shape index (κ1) is 10.3. The molecule has 5 heteroatoms. The third-order valence-corrected chi connectivity index (χ3v) is 1.55. The highest BCUT2D eigenvalue weighted by Crippen LogP contribution is 2.22. The van der Waals surface area contributed by atoms with Gasteiger partial charge in [0.15, 0.2) is 5.83 Å². The summed E-state index contributed by atoms with van der Waals surface area (Å²) in [4.78, 5) is 10.4. The predicted molar refractivity (Wildman–Crippen MR) is 43.6 cm³/mol. The van der Waals surface area contributed by atoms with E-state index in [9.17, 15) is 18.0 Å². The molecule has 0 saturated heterocycles. The number of carboxylic acid groups (broad SMARTS) is 1. The van der Waals surface area contributed by atoms with Gasteiger partial charge in [-0.25, -0.2) is 9.18 Å². The van der Waals surface area contributed by atoms with E-state index in [-0.39, 0.29) is 11.1 Å². The zero-order valence-corrected chi connectivity index (χ0v) is 6.80. The normalized spacial score (nSPS) is 9.64. The summed E-state index contributed by atoms with van der Waals surface area (Å²) in [7, 11) is 0. The Hall–Kier alpha value is -1.78. The molecule has 0 heterocycles. The summed E-state index contributed by atoms with van der Waals surface area (Å²) in [6.45, 7) is 0. The number of halogens is 3. The highest BCUT2D eigenvalue weighted by atomic mass is 19.3. The second-order valence-corrected chi connectivity index (χ2v) is 2.46. The lowest BCUT2D eigenvalue weighted by Gasteiger charge is -1.97. The number of hydrogen-bond donors (Lipinski definition) is 1. The lowest BCUT2D eigenvalue weighted by Crippen LogP contribution is -1.95. The summed E-state index contributed by atoms with van der Waals surface area (Å²) in [5.41, 5.74) is -0.421. The van der Waals surface area contributed by atoms with Crippen LogP contribution in [-0.4, -0.2) is 11.1 Å². The van der Waals surface area contributed by atoms with E-state index in [1.54, 1.807) is 0 Å². The van der Waals surface area contributed by atoms with E-state index in [0.717, 1.165) is 24.3 Å². The van der Waals surface area contributed by atoms with Crippen molar-refractivity contribution in [1.29, 1.82) is 0 Å². The summed E-state index contributed by atoms with van der Waals surface area (Å²) in [5.74, 6) is -2.83. The van der Waals surface area contributed by atoms with Gasteiger partial charge in [-0.05, 0) is 12.1 Å². The average Bonchev–Trinajstić information content (AvgIpc) is 2.16. The third kappa shape index (κ3) is 2.12. The van der Waals surface area contributed by atoms with E-state index in [1.165, 1.54) is 0 Å². The first-order chi connectivity index (χ1) is 6.52. The van der Waals surface area contributed by atoms with Crippen molar-refractivity contribution in [3.63, 3.8) is 0 Å². The molecular weight excluding hydrogens is 197 g/mol. The molecular formula is C9H5F3O2. The van der Waals surface area contributed by atoms with E-state index in [1.807, 2.05) is 0 Å². The monoisotopic (exact) mass is 202 g/mol. The summed E-state index contributed by atoms with van der Waals surface area (Å²) >= 11 is 0. The highest BCUT2D eigenvalue weighted by molar-refractivity contribution is 5.87. The van der Waals surface area contributed by atoms with Crippen LogP contribution in [-0.2, 0) is 0 Å². The minimum Gasteiger partial charge on any atom is -0.478 e. The summed E-state index contributed by atoms with van der Waals surface area (Å²) in [6, 6.07) is 4.08. The van der Waals surface area contributed by atoms with Crippen LogP contribution in [0.5, 0.6) is 0 Å². The van der Waals surface area contributed by atoms with Gasteiger partial charge in [0.2, 0.25) is 0 Å². The third-order valence-electron chi connectivity index (χ3n) is 1.55. The Morgan fingerprint density at radius 1 is 1.00 bits per heavy atom. The number of hydrogen-bond acceptors (Lipinski definition) is 1. The van der Waals surface area contributed by atoms with Gasteiger partial charge >= 0.3 is 12.0 Å². The van der Waals surface area contributed by atoms with Crippen molar-refractivity contribution in [2.24, 2.45) is 0 Å². The van der Waals surface area contributed by atoms with Gasteiger partial charge in [-0.15, -0.1) is 0 Å². The van der Waals surface area contributed by atoms with Gasteiger partial charge in [-0.3, -0.25) is 0 Å². The van der Waals surface area contributed by atoms with Crippen LogP contribution >= 0.6 is 0 Å². The van der Waals surface area contributed by atoms with Crippen molar-refractivity contribution in [2.45, 2.75) is 0 Å². The van der Waals surface area contributed by atoms with E-state index in [2.05, 4.69) is 0 Å². The Morgan fingerprint density at radius 2 is 1.43 bits per heavy atom. The van der Waals surface area contributed by atoms with Gasteiger partial charge < -0.3 is 5.11 Å². The van der Waals surface area contributed by atoms with E-state index < -0.39 is 17.9 Å². The van der Waals surface area contributed by atoms with Crippen molar-refractivity contribution < 1.29 is 23.1 Å². The number of carboxylic acids is 1. The molecule has 1 N–H and O–H groups in total. The van der Waals surface area contributed by atoms with Crippen LogP contribution in [0.1, 0.15) is 15.9 Å². The Morgan fingerprint density at radius 3 is 1.79 bits per heavy atom. The van der Waals surface area contributed by atoms with Crippen molar-refractivity contribution in [2.75, 3.05) is 0 Å². The maximum atomic E-state index is 12.6. The second kappa shape index (κ2) is 3.95. The number of aromatic carboxylic acids is 1. The highest BCUT2D eigenvalue weighted by Gasteiger charge is 2.09. The topological polar surface area (TPSA) is 37.3 Å². The Kier molecular flexibility index (Phi) is 2.91. The lowest BCUT2D eigenvalue weighted by atomic mass is 10.1. The number of rotatable bonds is 2. The molecule has 0 atom stereocenters. The van der Waals surface area contributed by atoms with Crippen molar-refractivity contribution in [3.05, 3.63) is 41.5 Å². The molecule has 2 nitrogen and oxygen atoms in total. The van der Waals surface area contributed by atoms with Crippen LogP contribution in [0, 0.1) is 0 Å². The second-order valence-electron chi connectivity index (χ2n) is 2.46. The molecule has 74 valence electrons. The van der Waals surface area contributed by atoms with Crippen molar-refractivity contribution >= 4 is 11.8 Å². The zero-order chi connectivity index (χ0) is 10.7. The van der Waals surface area contributed by atoms with Crippen LogP contribution in [0.4, 0.5) is 13.2 Å². The first-order valence-electron chi connectivity index (χ1n) is 3.57. The molecule has 0 aliphatic heterocycles. The molecule has 0 unspecified atom stereocenters. The van der Waals surface area contributed by atoms with Crippen molar-refractivity contribution in [1.82, 2.24) is 0 Å². The van der Waals surface area contributed by atoms with Crippen LogP contribution in [0.3, 0.4) is 0 Å². The van der Waals surface area contributed by atoms with E-state index >= 15 is 0 Å². The van der Waals surface area contributed by atoms with Gasteiger partial charge in [0.05, 0.1) is 5.56 Å². The molecule has 14 heavy (non-hydrogen) atoms. The van der Waals surface area contributed by atoms with Crippen molar-refractivity contribution in [3.8, 4) is 0 Å². The molecule has 0 radical (unpaired) electrons. The Labute approximate surface area is 77.3 Å². The van der Waals surface area contributed by atoms with Gasteiger partial charge in [-0.2, -0.15) is 8.78 Å². The zero-order valence-electron chi connectivity index (χ0n) is 6.80. The quantitative estimate of drug-likeness (QED) is 0.800. The summed E-state index contributed by atoms with van der Waals surface area (Å²) in [5, 5.41) is 8.47. The molecule has 0 aromatic heterocycles. The van der Waals surface area contributed by atoms with Gasteiger partial charge in [-0.1, -0.05) is 12.1 Å². The summed E-state index contributed by atoms with van der Waals surface area (Å²) in [6.07, 6.45) is -2.42. The Bertz CT molecular complexity index is 378. The van der Waals surface area contributed by atoms with E-state index in [0.29, 0.717) is 0 Å². The average molecular weight is 202 g/mol. The number of carbonyl (C=O) groups is 1. The van der Waals surface area contributed by atoms with Crippen LogP contribution < -0.4 is 0 Å².